The Morgan fingerprint density at radius 2 is 2.18 bits per heavy atom. The number of carbonyl (C=O) groups is 1. The van der Waals surface area contributed by atoms with E-state index in [1.165, 1.54) is 0 Å². The van der Waals surface area contributed by atoms with Gasteiger partial charge >= 0.3 is 21.3 Å². The molecule has 1 rings (SSSR count). The molecule has 0 aromatic heterocycles. The van der Waals surface area contributed by atoms with Crippen LogP contribution in [0.4, 0.5) is 8.78 Å². The lowest BCUT2D eigenvalue weighted by Crippen LogP contribution is -2.43. The van der Waals surface area contributed by atoms with Crippen LogP contribution < -0.4 is 5.32 Å². The highest BCUT2D eigenvalue weighted by atomic mass is 32.2. The summed E-state index contributed by atoms with van der Waals surface area (Å²) < 4.78 is 59.5. The maximum absolute atomic E-state index is 13.0. The number of esters is 1. The topological polar surface area (TPSA) is 92.7 Å². The lowest BCUT2D eigenvalue weighted by Gasteiger charge is -2.22. The number of carbonyl (C=O) groups excluding carboxylic acids is 1. The Labute approximate surface area is 97.1 Å². The molecule has 1 saturated heterocycles. The predicted octanol–water partition coefficient (Wildman–Crippen LogP) is 0.00820. The first-order valence-corrected chi connectivity index (χ1v) is 6.36. The summed E-state index contributed by atoms with van der Waals surface area (Å²) in [6.07, 6.45) is -1.78. The van der Waals surface area contributed by atoms with Crippen LogP contribution in [0.3, 0.4) is 0 Å². The number of alkyl halides is 2. The highest BCUT2D eigenvalue weighted by Crippen LogP contribution is 2.28. The first-order chi connectivity index (χ1) is 7.66. The summed E-state index contributed by atoms with van der Waals surface area (Å²) in [5.74, 6) is -1.46. The molecule has 100 valence electrons. The van der Waals surface area contributed by atoms with E-state index >= 15 is 0 Å². The van der Waals surface area contributed by atoms with Gasteiger partial charge in [0.25, 0.3) is 0 Å². The van der Waals surface area contributed by atoms with E-state index in [4.69, 9.17) is 4.55 Å². The normalized spacial score (nSPS) is 23.4. The molecule has 2 atom stereocenters. The lowest BCUT2D eigenvalue weighted by atomic mass is 10.1. The monoisotopic (exact) mass is 273 g/mol. The molecule has 2 unspecified atom stereocenters. The molecule has 1 aliphatic rings. The Morgan fingerprint density at radius 3 is 2.59 bits per heavy atom. The van der Waals surface area contributed by atoms with Gasteiger partial charge in [-0.25, -0.2) is 0 Å². The van der Waals surface area contributed by atoms with Crippen molar-refractivity contribution in [1.29, 1.82) is 0 Å². The summed E-state index contributed by atoms with van der Waals surface area (Å²) >= 11 is 0. The highest BCUT2D eigenvalue weighted by Gasteiger charge is 2.52. The fourth-order valence-corrected chi connectivity index (χ4v) is 1.87. The van der Waals surface area contributed by atoms with Gasteiger partial charge in [-0.15, -0.1) is 0 Å². The zero-order valence-electron chi connectivity index (χ0n) is 9.02. The third-order valence-electron chi connectivity index (χ3n) is 2.50. The van der Waals surface area contributed by atoms with Crippen molar-refractivity contribution >= 4 is 16.1 Å². The molecule has 0 aromatic carbocycles. The second kappa shape index (κ2) is 4.83. The van der Waals surface area contributed by atoms with Gasteiger partial charge in [0.05, 0.1) is 5.92 Å². The third kappa shape index (κ3) is 3.11. The summed E-state index contributed by atoms with van der Waals surface area (Å²) in [6, 6.07) is 0. The summed E-state index contributed by atoms with van der Waals surface area (Å²) in [4.78, 5) is 11.4. The summed E-state index contributed by atoms with van der Waals surface area (Å²) in [7, 11) is -5.60. The summed E-state index contributed by atoms with van der Waals surface area (Å²) in [6.45, 7) is 1.60. The number of halogens is 2. The van der Waals surface area contributed by atoms with E-state index in [9.17, 15) is 22.0 Å². The molecule has 17 heavy (non-hydrogen) atoms. The van der Waals surface area contributed by atoms with Gasteiger partial charge in [-0.3, -0.25) is 9.35 Å². The number of hydrogen-bond donors (Lipinski definition) is 2. The van der Waals surface area contributed by atoms with Crippen LogP contribution in [0.5, 0.6) is 0 Å². The zero-order chi connectivity index (χ0) is 13.3. The minimum Gasteiger partial charge on any atom is -0.455 e. The van der Waals surface area contributed by atoms with Gasteiger partial charge in [0, 0.05) is 6.54 Å². The van der Waals surface area contributed by atoms with Crippen molar-refractivity contribution in [3.8, 4) is 0 Å². The average Bonchev–Trinajstić information content (AvgIpc) is 2.68. The SMILES string of the molecule is CC(OC(=O)C1CCNC1)C(F)(F)S(=O)(=O)O. The van der Waals surface area contributed by atoms with Crippen LogP contribution in [-0.2, 0) is 19.6 Å². The van der Waals surface area contributed by atoms with E-state index < -0.39 is 33.4 Å². The first kappa shape index (κ1) is 14.3. The van der Waals surface area contributed by atoms with Crippen LogP contribution in [-0.4, -0.2) is 43.4 Å². The zero-order valence-corrected chi connectivity index (χ0v) is 9.84. The molecule has 0 radical (unpaired) electrons. The molecule has 9 heteroatoms. The molecule has 1 fully saturated rings. The van der Waals surface area contributed by atoms with Gasteiger partial charge in [-0.1, -0.05) is 0 Å². The molecule has 0 amide bonds. The molecule has 0 saturated carbocycles. The smallest absolute Gasteiger partial charge is 0.405 e. The van der Waals surface area contributed by atoms with E-state index in [-0.39, 0.29) is 0 Å². The summed E-state index contributed by atoms with van der Waals surface area (Å²) in [5, 5.41) is -1.67. The van der Waals surface area contributed by atoms with Gasteiger partial charge in [-0.2, -0.15) is 17.2 Å². The van der Waals surface area contributed by atoms with Gasteiger partial charge in [0.15, 0.2) is 6.10 Å². The summed E-state index contributed by atoms with van der Waals surface area (Å²) in [5.41, 5.74) is 0. The number of hydrogen-bond acceptors (Lipinski definition) is 5. The van der Waals surface area contributed by atoms with Crippen molar-refractivity contribution < 1.29 is 31.3 Å². The Bertz CT molecular complexity index is 391. The molecule has 6 nitrogen and oxygen atoms in total. The molecule has 0 spiro atoms. The Morgan fingerprint density at radius 1 is 1.59 bits per heavy atom. The molecule has 1 aliphatic heterocycles. The van der Waals surface area contributed by atoms with Gasteiger partial charge in [0.2, 0.25) is 0 Å². The van der Waals surface area contributed by atoms with Crippen molar-refractivity contribution in [3.05, 3.63) is 0 Å². The third-order valence-corrected chi connectivity index (χ3v) is 3.52. The maximum atomic E-state index is 13.0. The van der Waals surface area contributed by atoms with Gasteiger partial charge in [0.1, 0.15) is 0 Å². The number of nitrogens with one attached hydrogen (secondary N) is 1. The van der Waals surface area contributed by atoms with Crippen molar-refractivity contribution in [1.82, 2.24) is 5.32 Å². The van der Waals surface area contributed by atoms with E-state index in [0.717, 1.165) is 0 Å². The van der Waals surface area contributed by atoms with E-state index in [2.05, 4.69) is 10.1 Å². The predicted molar refractivity (Wildman–Crippen MR) is 53.0 cm³/mol. The van der Waals surface area contributed by atoms with Crippen LogP contribution in [0.2, 0.25) is 0 Å². The molecule has 2 N–H and O–H groups in total. The van der Waals surface area contributed by atoms with Crippen LogP contribution >= 0.6 is 0 Å². The van der Waals surface area contributed by atoms with Crippen molar-refractivity contribution in [2.75, 3.05) is 13.1 Å². The number of rotatable bonds is 4. The van der Waals surface area contributed by atoms with Crippen molar-refractivity contribution in [2.24, 2.45) is 5.92 Å². The van der Waals surface area contributed by atoms with Crippen LogP contribution in [0.1, 0.15) is 13.3 Å². The van der Waals surface area contributed by atoms with Gasteiger partial charge < -0.3 is 10.1 Å². The maximum Gasteiger partial charge on any atom is 0.405 e. The Kier molecular flexibility index (Phi) is 4.05. The minimum atomic E-state index is -5.60. The van der Waals surface area contributed by atoms with Crippen molar-refractivity contribution in [2.45, 2.75) is 24.7 Å². The standard InChI is InChI=1S/C8H13F2NO5S/c1-5(8(9,10)17(13,14)15)16-7(12)6-2-3-11-4-6/h5-6,11H,2-4H2,1H3,(H,13,14,15). The van der Waals surface area contributed by atoms with Gasteiger partial charge in [-0.05, 0) is 19.9 Å². The Hall–Kier alpha value is -0.800. The minimum absolute atomic E-state index is 0.309. The fraction of sp³-hybridized carbons (Fsp3) is 0.875. The van der Waals surface area contributed by atoms with E-state index in [1.54, 1.807) is 0 Å². The van der Waals surface area contributed by atoms with Crippen LogP contribution in [0, 0.1) is 5.92 Å². The largest absolute Gasteiger partial charge is 0.455 e. The first-order valence-electron chi connectivity index (χ1n) is 4.92. The Balaban J connectivity index is 2.65. The van der Waals surface area contributed by atoms with Crippen LogP contribution in [0.25, 0.3) is 0 Å². The molecule has 0 bridgehead atoms. The second-order valence-electron chi connectivity index (χ2n) is 3.81. The number of ether oxygens (including phenoxy) is 1. The second-order valence-corrected chi connectivity index (χ2v) is 5.30. The van der Waals surface area contributed by atoms with Crippen molar-refractivity contribution in [3.63, 3.8) is 0 Å². The highest BCUT2D eigenvalue weighted by molar-refractivity contribution is 7.86. The quantitative estimate of drug-likeness (QED) is 0.553. The molecular formula is C8H13F2NO5S. The fourth-order valence-electron chi connectivity index (χ4n) is 1.40. The molecule has 0 aliphatic carbocycles. The lowest BCUT2D eigenvalue weighted by molar-refractivity contribution is -0.163. The van der Waals surface area contributed by atoms with E-state index in [0.29, 0.717) is 26.4 Å². The molecule has 1 heterocycles. The van der Waals surface area contributed by atoms with E-state index in [1.807, 2.05) is 0 Å². The van der Waals surface area contributed by atoms with Crippen LogP contribution in [0.15, 0.2) is 0 Å². The average molecular weight is 273 g/mol. The molecular weight excluding hydrogens is 260 g/mol. The molecule has 0 aromatic rings.